The first-order valence-electron chi connectivity index (χ1n) is 28.3. The van der Waals surface area contributed by atoms with Crippen molar-refractivity contribution in [2.45, 2.75) is 65.5 Å². The van der Waals surface area contributed by atoms with Crippen LogP contribution >= 0.6 is 13.5 Å². The van der Waals surface area contributed by atoms with Gasteiger partial charge in [0, 0.05) is 102 Å². The van der Waals surface area contributed by atoms with Crippen LogP contribution in [0, 0.1) is 11.7 Å². The Kier molecular flexibility index (Phi) is 22.9. The van der Waals surface area contributed by atoms with E-state index >= 15 is 4.39 Å². The quantitative estimate of drug-likeness (QED) is 0.0691. The number of hydrogen-bond acceptors (Lipinski definition) is 14. The average molecular weight is 1220 g/mol. The summed E-state index contributed by atoms with van der Waals surface area (Å²) in [6, 6.07) is 19.7. The van der Waals surface area contributed by atoms with Crippen molar-refractivity contribution in [3.63, 3.8) is 0 Å². The summed E-state index contributed by atoms with van der Waals surface area (Å²) in [5.74, 6) is -2.54. The number of allylic oxidation sites excluding steroid dienone is 3. The number of aromatic nitrogens is 5. The van der Waals surface area contributed by atoms with Gasteiger partial charge in [0.2, 0.25) is 11.8 Å². The lowest BCUT2D eigenvalue weighted by Crippen LogP contribution is -2.55. The van der Waals surface area contributed by atoms with Crippen LogP contribution in [0.3, 0.4) is 0 Å². The molecule has 3 aromatic carbocycles. The Morgan fingerprint density at radius 2 is 1.49 bits per heavy atom. The topological polar surface area (TPSA) is 220 Å². The van der Waals surface area contributed by atoms with Gasteiger partial charge < -0.3 is 34.4 Å². The Labute approximate surface area is 508 Å². The molecule has 0 aliphatic carbocycles. The molecule has 0 bridgehead atoms. The molecule has 87 heavy (non-hydrogen) atoms. The third kappa shape index (κ3) is 18.7. The molecular formula is C62H72F4N12O8S. The van der Waals surface area contributed by atoms with E-state index in [0.29, 0.717) is 79.8 Å². The number of rotatable bonds is 16. The smallest absolute Gasteiger partial charge is 0.444 e. The number of piperidine rings is 1. The highest BCUT2D eigenvalue weighted by Crippen LogP contribution is 2.32. The third-order valence-corrected chi connectivity index (χ3v) is 14.6. The number of nitrogens with zero attached hydrogens (tertiary/aromatic N) is 10. The average Bonchev–Trinajstić information content (AvgIpc) is 1.79. The predicted octanol–water partition coefficient (Wildman–Crippen LogP) is 8.10. The molecule has 0 atom stereocenters. The molecule has 0 radical (unpaired) electrons. The molecule has 462 valence electrons. The van der Waals surface area contributed by atoms with Crippen molar-refractivity contribution in [3.8, 4) is 16.9 Å². The van der Waals surface area contributed by atoms with E-state index in [-0.39, 0.29) is 91.6 Å². The Bertz CT molecular complexity index is 3470. The van der Waals surface area contributed by atoms with Crippen LogP contribution in [0.15, 0.2) is 127 Å². The van der Waals surface area contributed by atoms with Gasteiger partial charge in [-0.3, -0.25) is 33.8 Å². The number of H-pyrrole nitrogens is 1. The van der Waals surface area contributed by atoms with Crippen LogP contribution in [0.5, 0.6) is 5.75 Å². The Morgan fingerprint density at radius 1 is 0.805 bits per heavy atom. The number of hydrogen-bond donors (Lipinski definition) is 2. The molecule has 20 nitrogen and oxygen atoms in total. The van der Waals surface area contributed by atoms with Gasteiger partial charge in [-0.05, 0) is 100 Å². The van der Waals surface area contributed by atoms with Crippen molar-refractivity contribution in [2.24, 2.45) is 5.92 Å². The molecule has 25 heteroatoms. The van der Waals surface area contributed by atoms with Gasteiger partial charge >= 0.3 is 12.5 Å². The number of benzene rings is 3. The summed E-state index contributed by atoms with van der Waals surface area (Å²) in [7, 11) is 0. The Hall–Kier alpha value is -8.55. The maximum atomic E-state index is 15.1. The standard InChI is InChI=1S/C57H62F4N12O8.C5H8.H2S/c1-56(2,3)81-55(79)73(33-41-13-16-62-36-64-41)34-49(74)65-48-30-40(39-7-6-8-42(29-39)80-57(59,60)61)31-63-51(48)54(78)71-17-14-37(15-18-71)32-68-19-21-69(22-20-68)35-50(75)70-23-25-72(26-24-70)53(77)45-27-38(11-12-46(45)58)28-47-43-9-4-5-10-44(43)52(76)67-66-47;1-3-5-4-2;/h4-13,16,27,29-31,36-37H,14-15,17-26,28,32-35H2,1-3H3,(H,65,74)(H,67,76);3-5H,1H2,2H3;1H2/b;5-4-;. The number of piperazine rings is 2. The summed E-state index contributed by atoms with van der Waals surface area (Å²) in [5.41, 5.74) is 0.831. The number of anilines is 1. The summed E-state index contributed by atoms with van der Waals surface area (Å²) < 4.78 is 64.4. The van der Waals surface area contributed by atoms with Crippen molar-refractivity contribution < 1.29 is 51.0 Å². The van der Waals surface area contributed by atoms with Crippen molar-refractivity contribution >= 4 is 59.7 Å². The fourth-order valence-electron chi connectivity index (χ4n) is 10.3. The minimum atomic E-state index is -4.94. The molecule has 3 aromatic heterocycles. The number of carbonyl (C=O) groups excluding carboxylic acids is 5. The van der Waals surface area contributed by atoms with Gasteiger partial charge in [-0.2, -0.15) is 18.6 Å². The zero-order chi connectivity index (χ0) is 61.5. The number of halogens is 4. The summed E-state index contributed by atoms with van der Waals surface area (Å²) in [6.07, 6.45) is 5.60. The van der Waals surface area contributed by atoms with E-state index in [9.17, 15) is 41.9 Å². The van der Waals surface area contributed by atoms with Crippen LogP contribution in [0.4, 0.5) is 28.0 Å². The largest absolute Gasteiger partial charge is 0.573 e. The number of ether oxygens (including phenoxy) is 2. The minimum absolute atomic E-state index is 0. The van der Waals surface area contributed by atoms with E-state index in [1.807, 2.05) is 25.1 Å². The molecule has 5 amide bonds. The van der Waals surface area contributed by atoms with Gasteiger partial charge in [0.05, 0.1) is 41.1 Å². The number of nitrogens with one attached hydrogen (secondary N) is 2. The van der Waals surface area contributed by atoms with E-state index in [1.165, 1.54) is 49.1 Å². The van der Waals surface area contributed by atoms with E-state index in [0.717, 1.165) is 36.7 Å². The van der Waals surface area contributed by atoms with E-state index in [4.69, 9.17) is 4.74 Å². The highest BCUT2D eigenvalue weighted by molar-refractivity contribution is 7.59. The second-order valence-electron chi connectivity index (χ2n) is 22.1. The molecular weight excluding hydrogens is 1150 g/mol. The number of pyridine rings is 1. The molecule has 6 aromatic rings. The van der Waals surface area contributed by atoms with Crippen molar-refractivity contribution in [3.05, 3.63) is 167 Å². The van der Waals surface area contributed by atoms with Gasteiger partial charge in [0.15, 0.2) is 5.69 Å². The van der Waals surface area contributed by atoms with Gasteiger partial charge in [-0.25, -0.2) is 29.2 Å². The lowest BCUT2D eigenvalue weighted by molar-refractivity contribution is -0.274. The molecule has 0 unspecified atom stereocenters. The van der Waals surface area contributed by atoms with E-state index < -0.39 is 53.9 Å². The molecule has 3 saturated heterocycles. The van der Waals surface area contributed by atoms with Crippen LogP contribution in [0.25, 0.3) is 21.9 Å². The van der Waals surface area contributed by atoms with Gasteiger partial charge in [-0.15, -0.1) is 13.2 Å². The van der Waals surface area contributed by atoms with Gasteiger partial charge in [-0.1, -0.05) is 61.2 Å². The second kappa shape index (κ2) is 30.2. The van der Waals surface area contributed by atoms with Crippen LogP contribution in [0.2, 0.25) is 0 Å². The summed E-state index contributed by atoms with van der Waals surface area (Å²) in [5, 5.41) is 10.6. The van der Waals surface area contributed by atoms with Crippen LogP contribution in [-0.4, -0.2) is 181 Å². The summed E-state index contributed by atoms with van der Waals surface area (Å²) in [6.45, 7) is 15.6. The number of alkyl halides is 3. The molecule has 6 heterocycles. The highest BCUT2D eigenvalue weighted by Gasteiger charge is 2.34. The first kappa shape index (κ1) is 66.0. The maximum absolute atomic E-state index is 15.1. The SMILES string of the molecule is C=C/C=C\C.CC(C)(C)OC(=O)N(CC(=O)Nc1cc(-c2cccc(OC(F)(F)F)c2)cnc1C(=O)N1CCC(CN2CCN(CC(=O)N3CCN(C(=O)c4cc(Cc5n[nH]c(=O)c6ccccc56)ccc4F)CC3)CC2)CC1)Cc1ccncn1.S. The number of fused-ring (bicyclic) bond motifs is 1. The predicted molar refractivity (Wildman–Crippen MR) is 325 cm³/mol. The molecule has 9 rings (SSSR count). The van der Waals surface area contributed by atoms with Crippen molar-refractivity contribution in [1.82, 2.24) is 54.5 Å². The lowest BCUT2D eigenvalue weighted by atomic mass is 9.95. The Morgan fingerprint density at radius 3 is 2.15 bits per heavy atom. The van der Waals surface area contributed by atoms with Crippen molar-refractivity contribution in [2.75, 3.05) is 90.4 Å². The monoisotopic (exact) mass is 1220 g/mol. The molecule has 0 saturated carbocycles. The molecule has 3 aliphatic rings. The number of aromatic amines is 1. The summed E-state index contributed by atoms with van der Waals surface area (Å²) >= 11 is 0. The van der Waals surface area contributed by atoms with E-state index in [1.54, 1.807) is 71.9 Å². The second-order valence-corrected chi connectivity index (χ2v) is 22.1. The third-order valence-electron chi connectivity index (χ3n) is 14.6. The fraction of sp³-hybridized carbons (Fsp3) is 0.387. The molecule has 3 aliphatic heterocycles. The normalized spacial score (nSPS) is 15.2. The molecule has 3 fully saturated rings. The minimum Gasteiger partial charge on any atom is -0.444 e. The number of amides is 5. The zero-order valence-corrected chi connectivity index (χ0v) is 50.0. The van der Waals surface area contributed by atoms with Crippen molar-refractivity contribution in [1.29, 1.82) is 0 Å². The van der Waals surface area contributed by atoms with Crippen LogP contribution in [0.1, 0.15) is 78.3 Å². The first-order chi connectivity index (χ1) is 41.1. The molecule has 2 N–H and O–H groups in total. The maximum Gasteiger partial charge on any atom is 0.573 e. The van der Waals surface area contributed by atoms with Crippen LogP contribution < -0.4 is 15.6 Å². The summed E-state index contributed by atoms with van der Waals surface area (Å²) in [4.78, 5) is 104. The van der Waals surface area contributed by atoms with E-state index in [2.05, 4.69) is 51.6 Å². The van der Waals surface area contributed by atoms with Gasteiger partial charge in [0.25, 0.3) is 17.4 Å². The molecule has 0 spiro atoms. The Balaban J connectivity index is 0.00000173. The number of likely N-dealkylation sites (tertiary alicyclic amines) is 1. The first-order valence-corrected chi connectivity index (χ1v) is 28.3. The van der Waals surface area contributed by atoms with Gasteiger partial charge in [0.1, 0.15) is 30.0 Å². The lowest BCUT2D eigenvalue weighted by Gasteiger charge is -2.40. The fourth-order valence-corrected chi connectivity index (χ4v) is 10.3. The van der Waals surface area contributed by atoms with Crippen LogP contribution in [-0.2, 0) is 27.3 Å². The highest BCUT2D eigenvalue weighted by atomic mass is 32.1. The number of carbonyl (C=O) groups is 5. The zero-order valence-electron chi connectivity index (χ0n) is 49.0.